The van der Waals surface area contributed by atoms with Crippen molar-refractivity contribution in [1.82, 2.24) is 10.2 Å². The molecule has 2 aliphatic rings. The van der Waals surface area contributed by atoms with Crippen molar-refractivity contribution in [2.45, 2.75) is 18.4 Å². The zero-order chi connectivity index (χ0) is 16.3. The predicted molar refractivity (Wildman–Crippen MR) is 102 cm³/mol. The third-order valence-corrected chi connectivity index (χ3v) is 4.95. The zero-order valence-corrected chi connectivity index (χ0v) is 16.0. The summed E-state index contributed by atoms with van der Waals surface area (Å²) < 4.78 is 18.7. The quantitative estimate of drug-likeness (QED) is 0.853. The topological polar surface area (TPSA) is 44.8 Å². The first-order chi connectivity index (χ1) is 11.1. The minimum absolute atomic E-state index is 0. The number of carbonyl (C=O) groups excluding carboxylic acids is 1. The fourth-order valence-corrected chi connectivity index (χ4v) is 3.44. The SMILES string of the molecule is COC1(C(=O)N2CCN(c3ccc(F)cc3)CC2)CCNCC1.Cl.Cl. The summed E-state index contributed by atoms with van der Waals surface area (Å²) in [4.78, 5) is 17.0. The van der Waals surface area contributed by atoms with E-state index in [2.05, 4.69) is 10.2 Å². The molecule has 5 nitrogen and oxygen atoms in total. The second kappa shape index (κ2) is 9.57. The summed E-state index contributed by atoms with van der Waals surface area (Å²) in [6.07, 6.45) is 1.45. The molecule has 25 heavy (non-hydrogen) atoms. The molecule has 3 rings (SSSR count). The first-order valence-corrected chi connectivity index (χ1v) is 8.20. The van der Waals surface area contributed by atoms with Gasteiger partial charge in [0, 0.05) is 39.0 Å². The maximum atomic E-state index is 13.0. The Labute approximate surface area is 160 Å². The number of anilines is 1. The van der Waals surface area contributed by atoms with Crippen LogP contribution in [0.25, 0.3) is 0 Å². The molecular formula is C17H26Cl2FN3O2. The van der Waals surface area contributed by atoms with Gasteiger partial charge in [-0.2, -0.15) is 0 Å². The third-order valence-electron chi connectivity index (χ3n) is 4.95. The molecule has 142 valence electrons. The molecule has 0 aliphatic carbocycles. The number of nitrogens with zero attached hydrogens (tertiary/aromatic N) is 2. The minimum atomic E-state index is -0.663. The molecule has 1 N–H and O–H groups in total. The van der Waals surface area contributed by atoms with Crippen LogP contribution in [0.1, 0.15) is 12.8 Å². The molecular weight excluding hydrogens is 368 g/mol. The van der Waals surface area contributed by atoms with E-state index in [1.165, 1.54) is 12.1 Å². The normalized spacial score (nSPS) is 19.6. The minimum Gasteiger partial charge on any atom is -0.368 e. The van der Waals surface area contributed by atoms with Gasteiger partial charge in [0.05, 0.1) is 0 Å². The molecule has 1 aromatic rings. The molecule has 2 saturated heterocycles. The van der Waals surface area contributed by atoms with E-state index in [-0.39, 0.29) is 36.5 Å². The van der Waals surface area contributed by atoms with E-state index >= 15 is 0 Å². The second-order valence-electron chi connectivity index (χ2n) is 6.20. The van der Waals surface area contributed by atoms with Crippen molar-refractivity contribution < 1.29 is 13.9 Å². The van der Waals surface area contributed by atoms with Gasteiger partial charge in [-0.25, -0.2) is 4.39 Å². The zero-order valence-electron chi connectivity index (χ0n) is 14.4. The average molecular weight is 394 g/mol. The van der Waals surface area contributed by atoms with Gasteiger partial charge in [0.1, 0.15) is 11.4 Å². The first kappa shape index (κ1) is 22.0. The summed E-state index contributed by atoms with van der Waals surface area (Å²) in [6, 6.07) is 6.52. The van der Waals surface area contributed by atoms with E-state index < -0.39 is 5.60 Å². The van der Waals surface area contributed by atoms with Crippen LogP contribution in [0.4, 0.5) is 10.1 Å². The van der Waals surface area contributed by atoms with Crippen molar-refractivity contribution in [3.05, 3.63) is 30.1 Å². The molecule has 0 atom stereocenters. The van der Waals surface area contributed by atoms with Crippen LogP contribution in [0.5, 0.6) is 0 Å². The lowest BCUT2D eigenvalue weighted by atomic mass is 9.90. The Morgan fingerprint density at radius 2 is 1.64 bits per heavy atom. The highest BCUT2D eigenvalue weighted by Crippen LogP contribution is 2.26. The molecule has 1 amide bonds. The number of rotatable bonds is 3. The molecule has 2 aliphatic heterocycles. The summed E-state index contributed by atoms with van der Waals surface area (Å²) >= 11 is 0. The second-order valence-corrected chi connectivity index (χ2v) is 6.20. The molecule has 0 unspecified atom stereocenters. The van der Waals surface area contributed by atoms with Gasteiger partial charge in [-0.15, -0.1) is 24.8 Å². The Hall–Kier alpha value is -1.08. The van der Waals surface area contributed by atoms with Crippen LogP contribution in [0.2, 0.25) is 0 Å². The maximum absolute atomic E-state index is 13.0. The highest BCUT2D eigenvalue weighted by atomic mass is 35.5. The smallest absolute Gasteiger partial charge is 0.255 e. The van der Waals surface area contributed by atoms with Crippen molar-refractivity contribution >= 4 is 36.4 Å². The van der Waals surface area contributed by atoms with Crippen LogP contribution >= 0.6 is 24.8 Å². The van der Waals surface area contributed by atoms with Crippen LogP contribution in [0, 0.1) is 5.82 Å². The highest BCUT2D eigenvalue weighted by Gasteiger charge is 2.42. The summed E-state index contributed by atoms with van der Waals surface area (Å²) in [6.45, 7) is 4.50. The van der Waals surface area contributed by atoms with Crippen molar-refractivity contribution in [3.63, 3.8) is 0 Å². The molecule has 1 aromatic carbocycles. The third kappa shape index (κ3) is 4.76. The molecule has 0 aromatic heterocycles. The van der Waals surface area contributed by atoms with Gasteiger partial charge in [0.15, 0.2) is 0 Å². The summed E-state index contributed by atoms with van der Waals surface area (Å²) in [5, 5.41) is 3.28. The van der Waals surface area contributed by atoms with Crippen LogP contribution in [-0.2, 0) is 9.53 Å². The van der Waals surface area contributed by atoms with E-state index in [0.717, 1.165) is 44.7 Å². The van der Waals surface area contributed by atoms with E-state index in [4.69, 9.17) is 4.74 Å². The van der Waals surface area contributed by atoms with Crippen molar-refractivity contribution in [2.24, 2.45) is 0 Å². The average Bonchev–Trinajstić information content (AvgIpc) is 2.62. The number of ether oxygens (including phenoxy) is 1. The number of piperazine rings is 1. The lowest BCUT2D eigenvalue weighted by Crippen LogP contribution is -2.59. The molecule has 0 saturated carbocycles. The van der Waals surface area contributed by atoms with Gasteiger partial charge in [0.2, 0.25) is 0 Å². The molecule has 0 radical (unpaired) electrons. The van der Waals surface area contributed by atoms with Crippen molar-refractivity contribution in [1.29, 1.82) is 0 Å². The number of methoxy groups -OCH3 is 1. The Balaban J connectivity index is 0.00000156. The number of halogens is 3. The van der Waals surface area contributed by atoms with Crippen LogP contribution in [0.15, 0.2) is 24.3 Å². The number of carbonyl (C=O) groups is 1. The monoisotopic (exact) mass is 393 g/mol. The lowest BCUT2D eigenvalue weighted by Gasteiger charge is -2.42. The summed E-state index contributed by atoms with van der Waals surface area (Å²) in [5.74, 6) is -0.115. The van der Waals surface area contributed by atoms with E-state index in [1.807, 2.05) is 4.90 Å². The Morgan fingerprint density at radius 1 is 1.08 bits per heavy atom. The summed E-state index contributed by atoms with van der Waals surface area (Å²) in [5.41, 5.74) is 0.338. The number of amides is 1. The molecule has 8 heteroatoms. The molecule has 0 bridgehead atoms. The van der Waals surface area contributed by atoms with Crippen LogP contribution in [0.3, 0.4) is 0 Å². The Bertz CT molecular complexity index is 545. The number of nitrogens with one attached hydrogen (secondary N) is 1. The van der Waals surface area contributed by atoms with Crippen LogP contribution < -0.4 is 10.2 Å². The summed E-state index contributed by atoms with van der Waals surface area (Å²) in [7, 11) is 1.64. The van der Waals surface area contributed by atoms with Gasteiger partial charge in [-0.1, -0.05) is 0 Å². The van der Waals surface area contributed by atoms with Gasteiger partial charge < -0.3 is 19.9 Å². The number of benzene rings is 1. The van der Waals surface area contributed by atoms with Gasteiger partial charge >= 0.3 is 0 Å². The van der Waals surface area contributed by atoms with Crippen molar-refractivity contribution in [2.75, 3.05) is 51.3 Å². The lowest BCUT2D eigenvalue weighted by molar-refractivity contribution is -0.158. The van der Waals surface area contributed by atoms with Gasteiger partial charge in [-0.3, -0.25) is 4.79 Å². The number of hydrogen-bond acceptors (Lipinski definition) is 4. The van der Waals surface area contributed by atoms with E-state index in [9.17, 15) is 9.18 Å². The fraction of sp³-hybridized carbons (Fsp3) is 0.588. The van der Waals surface area contributed by atoms with Gasteiger partial charge in [-0.05, 0) is 50.2 Å². The van der Waals surface area contributed by atoms with Gasteiger partial charge in [0.25, 0.3) is 5.91 Å². The maximum Gasteiger partial charge on any atom is 0.255 e. The Kier molecular flexibility index (Phi) is 8.41. The number of piperidine rings is 1. The molecule has 2 fully saturated rings. The Morgan fingerprint density at radius 3 is 2.16 bits per heavy atom. The highest BCUT2D eigenvalue weighted by molar-refractivity contribution is 5.86. The largest absolute Gasteiger partial charge is 0.368 e. The molecule has 2 heterocycles. The van der Waals surface area contributed by atoms with E-state index in [1.54, 1.807) is 19.2 Å². The number of hydrogen-bond donors (Lipinski definition) is 1. The van der Waals surface area contributed by atoms with E-state index in [0.29, 0.717) is 13.1 Å². The first-order valence-electron chi connectivity index (χ1n) is 8.20. The van der Waals surface area contributed by atoms with Crippen molar-refractivity contribution in [3.8, 4) is 0 Å². The predicted octanol–water partition coefficient (Wildman–Crippen LogP) is 2.09. The molecule has 0 spiro atoms. The van der Waals surface area contributed by atoms with Crippen LogP contribution in [-0.4, -0.2) is 62.8 Å². The fourth-order valence-electron chi connectivity index (χ4n) is 3.44. The standard InChI is InChI=1S/C17H24FN3O2.2ClH/c1-23-17(6-8-19-9-7-17)16(22)21-12-10-20(11-13-21)15-4-2-14(18)3-5-15;;/h2-5,19H,6-13H2,1H3;2*1H.